The van der Waals surface area contributed by atoms with E-state index < -0.39 is 0 Å². The molecule has 0 radical (unpaired) electrons. The summed E-state index contributed by atoms with van der Waals surface area (Å²) in [5.74, 6) is -0.124. The summed E-state index contributed by atoms with van der Waals surface area (Å²) in [5.41, 5.74) is 2.68. The second-order valence-electron chi connectivity index (χ2n) is 5.73. The molecule has 1 N–H and O–H groups in total. The van der Waals surface area contributed by atoms with Gasteiger partial charge in [-0.2, -0.15) is 0 Å². The average molecular weight is 374 g/mol. The largest absolute Gasteiger partial charge is 0.349 e. The molecule has 1 amide bonds. The highest BCUT2D eigenvalue weighted by Gasteiger charge is 2.14. The van der Waals surface area contributed by atoms with Crippen molar-refractivity contribution in [2.24, 2.45) is 0 Å². The molecule has 1 heterocycles. The molecule has 1 unspecified atom stereocenters. The number of carbonyl (C=O) groups excluding carboxylic acids is 1. The van der Waals surface area contributed by atoms with Crippen molar-refractivity contribution in [3.05, 3.63) is 82.4 Å². The van der Waals surface area contributed by atoms with Gasteiger partial charge in [0.25, 0.3) is 0 Å². The molecule has 0 fully saturated rings. The van der Waals surface area contributed by atoms with Crippen LogP contribution in [-0.4, -0.2) is 15.5 Å². The van der Waals surface area contributed by atoms with Gasteiger partial charge in [-0.3, -0.25) is 4.79 Å². The molecule has 3 rings (SSSR count). The Labute approximate surface area is 156 Å². The van der Waals surface area contributed by atoms with E-state index in [4.69, 9.17) is 23.2 Å². The van der Waals surface area contributed by atoms with Gasteiger partial charge in [-0.05, 0) is 42.3 Å². The number of nitrogens with zero attached hydrogens (tertiary/aromatic N) is 2. The summed E-state index contributed by atoms with van der Waals surface area (Å²) in [6.45, 7) is 1.94. The minimum absolute atomic E-state index is 0.120. The molecule has 0 aliphatic heterocycles. The van der Waals surface area contributed by atoms with Crippen molar-refractivity contribution in [2.75, 3.05) is 0 Å². The van der Waals surface area contributed by atoms with E-state index in [1.54, 1.807) is 30.7 Å². The highest BCUT2D eigenvalue weighted by molar-refractivity contribution is 6.36. The highest BCUT2D eigenvalue weighted by Crippen LogP contribution is 2.25. The van der Waals surface area contributed by atoms with E-state index in [2.05, 4.69) is 10.3 Å². The molecule has 4 nitrogen and oxygen atoms in total. The number of amides is 1. The molecule has 0 aliphatic rings. The Morgan fingerprint density at radius 2 is 1.84 bits per heavy atom. The summed E-state index contributed by atoms with van der Waals surface area (Å²) in [6, 6.07) is 13.1. The average Bonchev–Trinajstić information content (AvgIpc) is 3.13. The Bertz CT molecular complexity index is 841. The van der Waals surface area contributed by atoms with Crippen molar-refractivity contribution in [3.8, 4) is 5.69 Å². The SMILES string of the molecule is CC(NC(=O)Cc1c(Cl)cccc1Cl)c1ccc(-n2ccnc2)cc1. The van der Waals surface area contributed by atoms with Crippen molar-refractivity contribution in [1.29, 1.82) is 0 Å². The first kappa shape index (κ1) is 17.5. The first-order chi connectivity index (χ1) is 12.0. The smallest absolute Gasteiger partial charge is 0.225 e. The van der Waals surface area contributed by atoms with Gasteiger partial charge in [0.15, 0.2) is 0 Å². The normalized spacial score (nSPS) is 12.0. The standard InChI is InChI=1S/C19H17Cl2N3O/c1-13(14-5-7-15(8-6-14)24-10-9-22-12-24)23-19(25)11-16-17(20)3-2-4-18(16)21/h2-10,12-13H,11H2,1H3,(H,23,25). The van der Waals surface area contributed by atoms with Crippen molar-refractivity contribution in [3.63, 3.8) is 0 Å². The fraction of sp³-hybridized carbons (Fsp3) is 0.158. The lowest BCUT2D eigenvalue weighted by Crippen LogP contribution is -2.28. The summed E-state index contributed by atoms with van der Waals surface area (Å²) in [4.78, 5) is 16.3. The van der Waals surface area contributed by atoms with E-state index in [1.165, 1.54) is 0 Å². The molecule has 0 saturated heterocycles. The molecule has 128 valence electrons. The summed E-state index contributed by atoms with van der Waals surface area (Å²) in [5, 5.41) is 3.98. The molecule has 1 aromatic heterocycles. The van der Waals surface area contributed by atoms with Gasteiger partial charge in [0.2, 0.25) is 5.91 Å². The molecular weight excluding hydrogens is 357 g/mol. The van der Waals surface area contributed by atoms with Gasteiger partial charge >= 0.3 is 0 Å². The third kappa shape index (κ3) is 4.21. The zero-order chi connectivity index (χ0) is 17.8. The molecule has 6 heteroatoms. The predicted molar refractivity (Wildman–Crippen MR) is 100 cm³/mol. The van der Waals surface area contributed by atoms with Gasteiger partial charge in [0.1, 0.15) is 0 Å². The molecule has 2 aromatic carbocycles. The van der Waals surface area contributed by atoms with Crippen molar-refractivity contribution < 1.29 is 4.79 Å². The van der Waals surface area contributed by atoms with Crippen LogP contribution in [0.3, 0.4) is 0 Å². The van der Waals surface area contributed by atoms with Crippen LogP contribution in [0.1, 0.15) is 24.1 Å². The van der Waals surface area contributed by atoms with Crippen molar-refractivity contribution >= 4 is 29.1 Å². The van der Waals surface area contributed by atoms with E-state index in [-0.39, 0.29) is 18.4 Å². The lowest BCUT2D eigenvalue weighted by atomic mass is 10.1. The van der Waals surface area contributed by atoms with Crippen LogP contribution < -0.4 is 5.32 Å². The Hall–Kier alpha value is -2.30. The number of hydrogen-bond acceptors (Lipinski definition) is 2. The monoisotopic (exact) mass is 373 g/mol. The number of benzene rings is 2. The second-order valence-corrected chi connectivity index (χ2v) is 6.54. The number of rotatable bonds is 5. The quantitative estimate of drug-likeness (QED) is 0.710. The van der Waals surface area contributed by atoms with Gasteiger partial charge in [0, 0.05) is 28.1 Å². The fourth-order valence-corrected chi connectivity index (χ4v) is 3.12. The number of aromatic nitrogens is 2. The fourth-order valence-electron chi connectivity index (χ4n) is 2.58. The van der Waals surface area contributed by atoms with Crippen LogP contribution >= 0.6 is 23.2 Å². The molecule has 0 bridgehead atoms. The van der Waals surface area contributed by atoms with E-state index in [9.17, 15) is 4.79 Å². The molecular formula is C19H17Cl2N3O. The summed E-state index contributed by atoms with van der Waals surface area (Å²) in [6.07, 6.45) is 5.51. The van der Waals surface area contributed by atoms with Gasteiger partial charge in [-0.25, -0.2) is 4.98 Å². The Morgan fingerprint density at radius 1 is 1.16 bits per heavy atom. The summed E-state index contributed by atoms with van der Waals surface area (Å²) < 4.78 is 1.92. The van der Waals surface area contributed by atoms with Crippen molar-refractivity contribution in [1.82, 2.24) is 14.9 Å². The highest BCUT2D eigenvalue weighted by atomic mass is 35.5. The molecule has 3 aromatic rings. The molecule has 0 spiro atoms. The molecule has 25 heavy (non-hydrogen) atoms. The first-order valence-corrected chi connectivity index (χ1v) is 8.60. The van der Waals surface area contributed by atoms with Crippen LogP contribution in [-0.2, 0) is 11.2 Å². The van der Waals surface area contributed by atoms with Gasteiger partial charge in [-0.1, -0.05) is 41.4 Å². The molecule has 0 aliphatic carbocycles. The van der Waals surface area contributed by atoms with Crippen LogP contribution in [0.2, 0.25) is 10.0 Å². The van der Waals surface area contributed by atoms with E-state index in [0.717, 1.165) is 11.3 Å². The number of halogens is 2. The molecule has 0 saturated carbocycles. The Kier molecular flexibility index (Phi) is 5.41. The van der Waals surface area contributed by atoms with Gasteiger partial charge < -0.3 is 9.88 Å². The Balaban J connectivity index is 1.65. The zero-order valence-electron chi connectivity index (χ0n) is 13.6. The third-order valence-electron chi connectivity index (χ3n) is 3.97. The number of nitrogens with one attached hydrogen (secondary N) is 1. The minimum atomic E-state index is -0.124. The number of imidazole rings is 1. The maximum absolute atomic E-state index is 12.3. The lowest BCUT2D eigenvalue weighted by Gasteiger charge is -2.16. The van der Waals surface area contributed by atoms with Crippen molar-refractivity contribution in [2.45, 2.75) is 19.4 Å². The number of carbonyl (C=O) groups is 1. The number of hydrogen-bond donors (Lipinski definition) is 1. The maximum atomic E-state index is 12.3. The lowest BCUT2D eigenvalue weighted by molar-refractivity contribution is -0.121. The van der Waals surface area contributed by atoms with E-state index in [0.29, 0.717) is 15.6 Å². The topological polar surface area (TPSA) is 46.9 Å². The van der Waals surface area contributed by atoms with E-state index >= 15 is 0 Å². The van der Waals surface area contributed by atoms with Crippen LogP contribution in [0, 0.1) is 0 Å². The summed E-state index contributed by atoms with van der Waals surface area (Å²) in [7, 11) is 0. The zero-order valence-corrected chi connectivity index (χ0v) is 15.1. The van der Waals surface area contributed by atoms with Gasteiger partial charge in [0.05, 0.1) is 18.8 Å². The third-order valence-corrected chi connectivity index (χ3v) is 4.68. The first-order valence-electron chi connectivity index (χ1n) is 7.85. The predicted octanol–water partition coefficient (Wildman–Crippen LogP) is 4.60. The van der Waals surface area contributed by atoms with Gasteiger partial charge in [-0.15, -0.1) is 0 Å². The van der Waals surface area contributed by atoms with Crippen LogP contribution in [0.25, 0.3) is 5.69 Å². The molecule has 1 atom stereocenters. The summed E-state index contributed by atoms with van der Waals surface area (Å²) >= 11 is 12.2. The minimum Gasteiger partial charge on any atom is -0.349 e. The van der Waals surface area contributed by atoms with Crippen LogP contribution in [0.4, 0.5) is 0 Å². The van der Waals surface area contributed by atoms with E-state index in [1.807, 2.05) is 42.0 Å². The maximum Gasteiger partial charge on any atom is 0.225 e. The van der Waals surface area contributed by atoms with Crippen LogP contribution in [0.5, 0.6) is 0 Å². The van der Waals surface area contributed by atoms with Crippen LogP contribution in [0.15, 0.2) is 61.2 Å². The Morgan fingerprint density at radius 3 is 2.44 bits per heavy atom. The second kappa shape index (κ2) is 7.72.